The summed E-state index contributed by atoms with van der Waals surface area (Å²) in [6.45, 7) is 7.09. The Labute approximate surface area is 373 Å². The van der Waals surface area contributed by atoms with Gasteiger partial charge in [0, 0.05) is 26.7 Å². The molecule has 0 heterocycles. The molecule has 4 unspecified atom stereocenters. The van der Waals surface area contributed by atoms with Gasteiger partial charge >= 0.3 is 35.8 Å². The molecule has 0 spiro atoms. The van der Waals surface area contributed by atoms with E-state index in [0.29, 0.717) is 38.5 Å². The molecule has 12 heteroatoms. The summed E-state index contributed by atoms with van der Waals surface area (Å²) in [5.41, 5.74) is 0.509. The zero-order chi connectivity index (χ0) is 45.8. The van der Waals surface area contributed by atoms with Crippen molar-refractivity contribution in [2.75, 3.05) is 14.2 Å². The quantitative estimate of drug-likeness (QED) is 0.0352. The van der Waals surface area contributed by atoms with Crippen LogP contribution in [0.25, 0.3) is 0 Å². The van der Waals surface area contributed by atoms with Crippen molar-refractivity contribution in [3.63, 3.8) is 0 Å². The second-order valence-corrected chi connectivity index (χ2v) is 16.6. The van der Waals surface area contributed by atoms with Crippen molar-refractivity contribution >= 4 is 35.8 Å². The van der Waals surface area contributed by atoms with Gasteiger partial charge in [0.2, 0.25) is 0 Å². The number of unbranched alkanes of at least 4 members (excludes halogenated alkanes) is 18. The highest BCUT2D eigenvalue weighted by Crippen LogP contribution is 2.24. The Balaban J connectivity index is 3.10. The molecule has 1 aromatic carbocycles. The third-order valence-corrected chi connectivity index (χ3v) is 11.2. The molecule has 62 heavy (non-hydrogen) atoms. The lowest BCUT2D eigenvalue weighted by atomic mass is 9.98. The molecule has 0 bridgehead atoms. The van der Waals surface area contributed by atoms with Gasteiger partial charge in [0.15, 0.2) is 0 Å². The molecule has 0 saturated carbocycles. The molecule has 12 nitrogen and oxygen atoms in total. The van der Waals surface area contributed by atoms with Gasteiger partial charge in [-0.25, -0.2) is 9.59 Å². The first-order chi connectivity index (χ1) is 29.9. The Bertz CT molecular complexity index is 1380. The summed E-state index contributed by atoms with van der Waals surface area (Å²) in [6, 6.07) is 6.16. The van der Waals surface area contributed by atoms with Crippen LogP contribution in [0.5, 0.6) is 0 Å². The normalized spacial score (nSPS) is 13.0. The van der Waals surface area contributed by atoms with Gasteiger partial charge in [0.1, 0.15) is 24.4 Å². The highest BCUT2D eigenvalue weighted by molar-refractivity contribution is 5.93. The Morgan fingerprint density at radius 3 is 0.919 bits per heavy atom. The summed E-state index contributed by atoms with van der Waals surface area (Å²) in [4.78, 5) is 74.7. The SMILES string of the molecule is CCCCCCCCC(OC(C)=O)C(CCCCCCCC(=O)OC)OC(=O)c1ccc(C(=O)OC(CCCCCCCC)C(CCCCCCCC(=O)OC)OC(C)=O)cc1. The third kappa shape index (κ3) is 27.9. The monoisotopic (exact) mass is 875 g/mol. The summed E-state index contributed by atoms with van der Waals surface area (Å²) >= 11 is 0. The number of ether oxygens (including phenoxy) is 6. The number of benzene rings is 1. The van der Waals surface area contributed by atoms with Gasteiger partial charge in [0.25, 0.3) is 0 Å². The van der Waals surface area contributed by atoms with Gasteiger partial charge < -0.3 is 28.4 Å². The zero-order valence-electron chi connectivity index (χ0n) is 39.3. The van der Waals surface area contributed by atoms with Crippen molar-refractivity contribution < 1.29 is 57.2 Å². The average molecular weight is 875 g/mol. The predicted molar refractivity (Wildman–Crippen MR) is 241 cm³/mol. The maximum atomic E-state index is 13.7. The van der Waals surface area contributed by atoms with Crippen LogP contribution in [0, 0.1) is 0 Å². The van der Waals surface area contributed by atoms with Crippen LogP contribution in [-0.2, 0) is 47.6 Å². The highest BCUT2D eigenvalue weighted by atomic mass is 16.6. The molecule has 4 atom stereocenters. The minimum absolute atomic E-state index is 0.213. The number of hydrogen-bond donors (Lipinski definition) is 0. The number of methoxy groups -OCH3 is 2. The van der Waals surface area contributed by atoms with Gasteiger partial charge in [-0.2, -0.15) is 0 Å². The smallest absolute Gasteiger partial charge is 0.338 e. The van der Waals surface area contributed by atoms with Crippen LogP contribution in [0.2, 0.25) is 0 Å². The van der Waals surface area contributed by atoms with Crippen LogP contribution < -0.4 is 0 Å². The predicted octanol–water partition coefficient (Wildman–Crippen LogP) is 11.9. The van der Waals surface area contributed by atoms with Gasteiger partial charge in [-0.05, 0) is 88.5 Å². The number of rotatable bonds is 38. The maximum Gasteiger partial charge on any atom is 0.338 e. The van der Waals surface area contributed by atoms with E-state index in [9.17, 15) is 28.8 Å². The summed E-state index contributed by atoms with van der Waals surface area (Å²) in [5, 5.41) is 0. The fourth-order valence-electron chi connectivity index (χ4n) is 7.61. The van der Waals surface area contributed by atoms with Crippen LogP contribution in [0.3, 0.4) is 0 Å². The van der Waals surface area contributed by atoms with Crippen LogP contribution in [0.4, 0.5) is 0 Å². The second kappa shape index (κ2) is 36.5. The van der Waals surface area contributed by atoms with Crippen molar-refractivity contribution in [2.24, 2.45) is 0 Å². The molecule has 0 N–H and O–H groups in total. The van der Waals surface area contributed by atoms with Crippen molar-refractivity contribution in [3.8, 4) is 0 Å². The molecule has 1 rings (SSSR count). The minimum Gasteiger partial charge on any atom is -0.469 e. The van der Waals surface area contributed by atoms with Crippen LogP contribution in [0.1, 0.15) is 228 Å². The van der Waals surface area contributed by atoms with E-state index in [1.165, 1.54) is 40.9 Å². The van der Waals surface area contributed by atoms with Crippen molar-refractivity contribution in [1.82, 2.24) is 0 Å². The first-order valence-electron chi connectivity index (χ1n) is 24.0. The zero-order valence-corrected chi connectivity index (χ0v) is 39.3. The lowest BCUT2D eigenvalue weighted by molar-refractivity contribution is -0.154. The topological polar surface area (TPSA) is 158 Å². The van der Waals surface area contributed by atoms with E-state index in [-0.39, 0.29) is 23.1 Å². The Morgan fingerprint density at radius 2 is 0.645 bits per heavy atom. The van der Waals surface area contributed by atoms with Crippen molar-refractivity contribution in [3.05, 3.63) is 35.4 Å². The first kappa shape index (κ1) is 56.1. The number of carbonyl (C=O) groups is 6. The van der Waals surface area contributed by atoms with Gasteiger partial charge in [0.05, 0.1) is 25.3 Å². The fourth-order valence-corrected chi connectivity index (χ4v) is 7.61. The number of hydrogen-bond acceptors (Lipinski definition) is 12. The van der Waals surface area contributed by atoms with Crippen molar-refractivity contribution in [1.29, 1.82) is 0 Å². The summed E-state index contributed by atoms with van der Waals surface area (Å²) in [7, 11) is 2.78. The Kier molecular flexibility index (Phi) is 33.0. The molecule has 354 valence electrons. The average Bonchev–Trinajstić information content (AvgIpc) is 3.25. The van der Waals surface area contributed by atoms with E-state index >= 15 is 0 Å². The van der Waals surface area contributed by atoms with Gasteiger partial charge in [-0.15, -0.1) is 0 Å². The van der Waals surface area contributed by atoms with Crippen molar-refractivity contribution in [2.45, 2.75) is 232 Å². The maximum absolute atomic E-state index is 13.7. The van der Waals surface area contributed by atoms with E-state index in [2.05, 4.69) is 13.8 Å². The molecule has 0 amide bonds. The van der Waals surface area contributed by atoms with E-state index < -0.39 is 48.3 Å². The molecule has 0 aromatic heterocycles. The molecule has 0 saturated heterocycles. The molecular weight excluding hydrogens is 793 g/mol. The molecule has 1 aromatic rings. The molecule has 0 aliphatic heterocycles. The summed E-state index contributed by atoms with van der Waals surface area (Å²) in [5.74, 6) is -2.43. The van der Waals surface area contributed by atoms with Crippen LogP contribution in [-0.4, -0.2) is 74.5 Å². The fraction of sp³-hybridized carbons (Fsp3) is 0.760. The standard InChI is InChI=1S/C50H82O12/c1-7-9-11-13-17-23-29-43(59-39(3)51)46(32-26-20-16-22-28-34-48(54)58-6)62-50(56)42-37-35-41(36-38-42)49(55)61-45(31-25-18-14-12-10-8-2)44(60-40(4)52)30-24-19-15-21-27-33-47(53)57-5/h35-38,43-46H,7-34H2,1-6H3. The van der Waals surface area contributed by atoms with Crippen LogP contribution >= 0.6 is 0 Å². The van der Waals surface area contributed by atoms with E-state index in [1.807, 2.05) is 0 Å². The van der Waals surface area contributed by atoms with Gasteiger partial charge in [-0.3, -0.25) is 19.2 Å². The lowest BCUT2D eigenvalue weighted by Gasteiger charge is -2.27. The van der Waals surface area contributed by atoms with E-state index in [4.69, 9.17) is 28.4 Å². The highest BCUT2D eigenvalue weighted by Gasteiger charge is 2.30. The molecule has 0 fully saturated rings. The van der Waals surface area contributed by atoms with Crippen LogP contribution in [0.15, 0.2) is 24.3 Å². The molecule has 0 aliphatic carbocycles. The minimum atomic E-state index is -0.650. The molecule has 0 radical (unpaired) electrons. The second-order valence-electron chi connectivity index (χ2n) is 16.6. The number of carbonyl (C=O) groups excluding carboxylic acids is 6. The number of esters is 6. The molecular formula is C50H82O12. The third-order valence-electron chi connectivity index (χ3n) is 11.2. The Hall–Kier alpha value is -3.96. The molecule has 0 aliphatic rings. The first-order valence-corrected chi connectivity index (χ1v) is 24.0. The summed E-state index contributed by atoms with van der Waals surface area (Å²) in [6.07, 6.45) is 21.6. The lowest BCUT2D eigenvalue weighted by Crippen LogP contribution is -2.35. The van der Waals surface area contributed by atoms with Gasteiger partial charge in [-0.1, -0.05) is 117 Å². The Morgan fingerprint density at radius 1 is 0.387 bits per heavy atom. The summed E-state index contributed by atoms with van der Waals surface area (Å²) < 4.78 is 33.2. The van der Waals surface area contributed by atoms with E-state index in [1.54, 1.807) is 24.3 Å². The van der Waals surface area contributed by atoms with E-state index in [0.717, 1.165) is 128 Å². The largest absolute Gasteiger partial charge is 0.469 e.